The van der Waals surface area contributed by atoms with E-state index in [1.807, 2.05) is 6.07 Å². The number of carbonyl (C=O) groups excluding carboxylic acids is 1. The second kappa shape index (κ2) is 6.92. The number of hydrogen-bond acceptors (Lipinski definition) is 1. The molecule has 0 heterocycles. The first-order valence-corrected chi connectivity index (χ1v) is 8.09. The number of nitrogens with one attached hydrogen (secondary N) is 1. The van der Waals surface area contributed by atoms with Crippen molar-refractivity contribution in [3.63, 3.8) is 0 Å². The topological polar surface area (TPSA) is 29.1 Å². The molecular formula is C18H27NO. The van der Waals surface area contributed by atoms with Crippen molar-refractivity contribution >= 4 is 5.91 Å². The minimum absolute atomic E-state index is 0.126. The first kappa shape index (κ1) is 15.1. The standard InChI is InChI=1S/C18H27NO/c1-3-15(4-2)17(20)19-18(13-9-6-10-14-18)16-11-7-5-8-12-16/h5,7-8,11-12,15H,3-4,6,9-10,13-14H2,1-2H3,(H,19,20). The molecular weight excluding hydrogens is 246 g/mol. The van der Waals surface area contributed by atoms with Crippen molar-refractivity contribution in [2.75, 3.05) is 0 Å². The predicted molar refractivity (Wildman–Crippen MR) is 83.4 cm³/mol. The highest BCUT2D eigenvalue weighted by Gasteiger charge is 2.36. The summed E-state index contributed by atoms with van der Waals surface area (Å²) in [7, 11) is 0. The van der Waals surface area contributed by atoms with Crippen molar-refractivity contribution in [3.05, 3.63) is 35.9 Å². The normalized spacial score (nSPS) is 17.9. The van der Waals surface area contributed by atoms with Gasteiger partial charge in [-0.15, -0.1) is 0 Å². The Morgan fingerprint density at radius 2 is 1.70 bits per heavy atom. The van der Waals surface area contributed by atoms with Gasteiger partial charge in [-0.25, -0.2) is 0 Å². The lowest BCUT2D eigenvalue weighted by atomic mass is 9.76. The summed E-state index contributed by atoms with van der Waals surface area (Å²) in [6.45, 7) is 4.20. The smallest absolute Gasteiger partial charge is 0.223 e. The van der Waals surface area contributed by atoms with Crippen LogP contribution in [0.5, 0.6) is 0 Å². The van der Waals surface area contributed by atoms with Crippen LogP contribution in [0.1, 0.15) is 64.4 Å². The van der Waals surface area contributed by atoms with Gasteiger partial charge in [0.05, 0.1) is 5.54 Å². The van der Waals surface area contributed by atoms with Crippen LogP contribution < -0.4 is 5.32 Å². The molecule has 1 aromatic carbocycles. The van der Waals surface area contributed by atoms with Gasteiger partial charge < -0.3 is 5.32 Å². The second-order valence-electron chi connectivity index (χ2n) is 6.01. The zero-order valence-corrected chi connectivity index (χ0v) is 12.8. The lowest BCUT2D eigenvalue weighted by Crippen LogP contribution is -2.49. The Kier molecular flexibility index (Phi) is 5.22. The third kappa shape index (κ3) is 3.23. The maximum atomic E-state index is 12.5. The van der Waals surface area contributed by atoms with Gasteiger partial charge in [-0.3, -0.25) is 4.79 Å². The Morgan fingerprint density at radius 1 is 1.10 bits per heavy atom. The molecule has 1 amide bonds. The largest absolute Gasteiger partial charge is 0.346 e. The lowest BCUT2D eigenvalue weighted by molar-refractivity contribution is -0.127. The van der Waals surface area contributed by atoms with Gasteiger partial charge in [0, 0.05) is 5.92 Å². The van der Waals surface area contributed by atoms with E-state index in [9.17, 15) is 4.79 Å². The van der Waals surface area contributed by atoms with E-state index in [4.69, 9.17) is 0 Å². The summed E-state index contributed by atoms with van der Waals surface area (Å²) in [6.07, 6.45) is 7.69. The summed E-state index contributed by atoms with van der Waals surface area (Å²) < 4.78 is 0. The molecule has 110 valence electrons. The third-order valence-corrected chi connectivity index (χ3v) is 4.75. The molecule has 0 aliphatic heterocycles. The van der Waals surface area contributed by atoms with E-state index in [0.29, 0.717) is 0 Å². The molecule has 1 fully saturated rings. The average Bonchev–Trinajstić information content (AvgIpc) is 2.50. The van der Waals surface area contributed by atoms with Gasteiger partial charge >= 0.3 is 0 Å². The highest BCUT2D eigenvalue weighted by Crippen LogP contribution is 2.37. The van der Waals surface area contributed by atoms with Gasteiger partial charge in [0.2, 0.25) is 5.91 Å². The van der Waals surface area contributed by atoms with Gasteiger partial charge in [-0.05, 0) is 31.2 Å². The number of hydrogen-bond donors (Lipinski definition) is 1. The van der Waals surface area contributed by atoms with Gasteiger partial charge in [-0.2, -0.15) is 0 Å². The Bertz CT molecular complexity index is 416. The van der Waals surface area contributed by atoms with Gasteiger partial charge in [-0.1, -0.05) is 63.4 Å². The van der Waals surface area contributed by atoms with Crippen molar-refractivity contribution in [2.24, 2.45) is 5.92 Å². The number of amides is 1. The molecule has 2 heteroatoms. The Balaban J connectivity index is 2.22. The lowest BCUT2D eigenvalue weighted by Gasteiger charge is -2.39. The van der Waals surface area contributed by atoms with E-state index >= 15 is 0 Å². The van der Waals surface area contributed by atoms with Crippen molar-refractivity contribution in [2.45, 2.75) is 64.3 Å². The van der Waals surface area contributed by atoms with Crippen LogP contribution in [0.15, 0.2) is 30.3 Å². The quantitative estimate of drug-likeness (QED) is 0.846. The third-order valence-electron chi connectivity index (χ3n) is 4.75. The number of benzene rings is 1. The molecule has 0 aromatic heterocycles. The van der Waals surface area contributed by atoms with Crippen LogP contribution in [0.3, 0.4) is 0 Å². The summed E-state index contributed by atoms with van der Waals surface area (Å²) in [5.74, 6) is 0.387. The van der Waals surface area contributed by atoms with Crippen LogP contribution in [0.2, 0.25) is 0 Å². The van der Waals surface area contributed by atoms with Crippen molar-refractivity contribution in [1.29, 1.82) is 0 Å². The monoisotopic (exact) mass is 273 g/mol. The summed E-state index contributed by atoms with van der Waals surface area (Å²) in [5.41, 5.74) is 1.15. The fourth-order valence-corrected chi connectivity index (χ4v) is 3.40. The molecule has 0 spiro atoms. The maximum Gasteiger partial charge on any atom is 0.223 e. The summed E-state index contributed by atoms with van der Waals surface area (Å²) in [6, 6.07) is 10.5. The second-order valence-corrected chi connectivity index (χ2v) is 6.01. The minimum Gasteiger partial charge on any atom is -0.346 e. The maximum absolute atomic E-state index is 12.5. The highest BCUT2D eigenvalue weighted by molar-refractivity contribution is 5.79. The van der Waals surface area contributed by atoms with Crippen LogP contribution in [0, 0.1) is 5.92 Å². The minimum atomic E-state index is -0.126. The first-order chi connectivity index (χ1) is 9.72. The molecule has 0 saturated heterocycles. The molecule has 2 rings (SSSR count). The van der Waals surface area contributed by atoms with Gasteiger partial charge in [0.1, 0.15) is 0 Å². The SMILES string of the molecule is CCC(CC)C(=O)NC1(c2ccccc2)CCCCC1. The van der Waals surface area contributed by atoms with E-state index in [0.717, 1.165) is 25.7 Å². The van der Waals surface area contributed by atoms with Crippen molar-refractivity contribution in [1.82, 2.24) is 5.32 Å². The Hall–Kier alpha value is -1.31. The summed E-state index contributed by atoms with van der Waals surface area (Å²) in [4.78, 5) is 12.5. The van der Waals surface area contributed by atoms with Crippen LogP contribution in [-0.4, -0.2) is 5.91 Å². The molecule has 1 N–H and O–H groups in total. The first-order valence-electron chi connectivity index (χ1n) is 8.09. The van der Waals surface area contributed by atoms with Crippen molar-refractivity contribution in [3.8, 4) is 0 Å². The highest BCUT2D eigenvalue weighted by atomic mass is 16.2. The fraction of sp³-hybridized carbons (Fsp3) is 0.611. The number of rotatable bonds is 5. The summed E-state index contributed by atoms with van der Waals surface area (Å²) in [5, 5.41) is 3.41. The zero-order chi connectivity index (χ0) is 14.4. The van der Waals surface area contributed by atoms with E-state index < -0.39 is 0 Å². The summed E-state index contributed by atoms with van der Waals surface area (Å²) >= 11 is 0. The van der Waals surface area contributed by atoms with Crippen LogP contribution >= 0.6 is 0 Å². The Morgan fingerprint density at radius 3 is 2.25 bits per heavy atom. The van der Waals surface area contributed by atoms with Crippen molar-refractivity contribution < 1.29 is 4.79 Å². The fourth-order valence-electron chi connectivity index (χ4n) is 3.40. The van der Waals surface area contributed by atoms with E-state index in [-0.39, 0.29) is 17.4 Å². The van der Waals surface area contributed by atoms with E-state index in [1.165, 1.54) is 24.8 Å². The predicted octanol–water partition coefficient (Wildman–Crippen LogP) is 4.40. The molecule has 0 radical (unpaired) electrons. The number of carbonyl (C=O) groups is 1. The van der Waals surface area contributed by atoms with Crippen LogP contribution in [0.4, 0.5) is 0 Å². The molecule has 1 aromatic rings. The van der Waals surface area contributed by atoms with E-state index in [2.05, 4.69) is 43.4 Å². The molecule has 0 unspecified atom stereocenters. The van der Waals surface area contributed by atoms with Gasteiger partial charge in [0.25, 0.3) is 0 Å². The molecule has 20 heavy (non-hydrogen) atoms. The zero-order valence-electron chi connectivity index (χ0n) is 12.8. The molecule has 1 aliphatic carbocycles. The van der Waals surface area contributed by atoms with Gasteiger partial charge in [0.15, 0.2) is 0 Å². The Labute approximate surface area is 123 Å². The van der Waals surface area contributed by atoms with E-state index in [1.54, 1.807) is 0 Å². The van der Waals surface area contributed by atoms with Crippen LogP contribution in [0.25, 0.3) is 0 Å². The molecule has 0 atom stereocenters. The molecule has 2 nitrogen and oxygen atoms in total. The van der Waals surface area contributed by atoms with Crippen LogP contribution in [-0.2, 0) is 10.3 Å². The molecule has 1 saturated carbocycles. The average molecular weight is 273 g/mol. The molecule has 0 bridgehead atoms. The molecule has 1 aliphatic rings.